The predicted octanol–water partition coefficient (Wildman–Crippen LogP) is 3.30. The fourth-order valence-electron chi connectivity index (χ4n) is 2.69. The Balaban J connectivity index is 2.08. The number of fused-ring (bicyclic) bond motifs is 1. The molecule has 0 saturated carbocycles. The quantitative estimate of drug-likeness (QED) is 0.940. The molecular weight excluding hydrogens is 297 g/mol. The van der Waals surface area contributed by atoms with E-state index in [9.17, 15) is 4.39 Å². The largest absolute Gasteiger partial charge is 0.494 e. The first-order valence-corrected chi connectivity index (χ1v) is 7.69. The molecule has 0 aromatic heterocycles. The first-order chi connectivity index (χ1) is 11.1. The van der Waals surface area contributed by atoms with Gasteiger partial charge in [0.05, 0.1) is 6.61 Å². The van der Waals surface area contributed by atoms with Gasteiger partial charge in [-0.05, 0) is 43.2 Å². The normalized spacial score (nSPS) is 16.3. The molecule has 4 nitrogen and oxygen atoms in total. The molecule has 1 aliphatic heterocycles. The first-order valence-electron chi connectivity index (χ1n) is 7.69. The smallest absolute Gasteiger partial charge is 0.169 e. The third kappa shape index (κ3) is 3.10. The molecule has 0 aliphatic carbocycles. The van der Waals surface area contributed by atoms with Crippen molar-refractivity contribution in [1.29, 1.82) is 0 Å². The molecule has 3 rings (SSSR count). The molecule has 23 heavy (non-hydrogen) atoms. The maximum Gasteiger partial charge on any atom is 0.169 e. The Morgan fingerprint density at radius 1 is 1.26 bits per heavy atom. The van der Waals surface area contributed by atoms with Gasteiger partial charge in [-0.1, -0.05) is 6.07 Å². The zero-order valence-corrected chi connectivity index (χ0v) is 13.3. The molecule has 2 aromatic carbocycles. The van der Waals surface area contributed by atoms with Gasteiger partial charge in [-0.3, -0.25) is 0 Å². The lowest BCUT2D eigenvalue weighted by Gasteiger charge is -2.28. The summed E-state index contributed by atoms with van der Waals surface area (Å²) in [5.74, 6) is 1.39. The summed E-state index contributed by atoms with van der Waals surface area (Å²) in [7, 11) is 0. The Bertz CT molecular complexity index is 718. The Labute approximate surface area is 135 Å². The highest BCUT2D eigenvalue weighted by Gasteiger charge is 2.25. The molecule has 2 aromatic rings. The fraction of sp³-hybridized carbons (Fsp3) is 0.333. The van der Waals surface area contributed by atoms with Gasteiger partial charge < -0.3 is 19.9 Å². The van der Waals surface area contributed by atoms with Crippen molar-refractivity contribution in [3.8, 4) is 28.4 Å². The van der Waals surface area contributed by atoms with Gasteiger partial charge >= 0.3 is 0 Å². The van der Waals surface area contributed by atoms with E-state index in [1.807, 2.05) is 32.0 Å². The van der Waals surface area contributed by atoms with Gasteiger partial charge in [-0.15, -0.1) is 0 Å². The zero-order chi connectivity index (χ0) is 16.4. The summed E-state index contributed by atoms with van der Waals surface area (Å²) in [6, 6.07) is 8.51. The minimum Gasteiger partial charge on any atom is -0.494 e. The summed E-state index contributed by atoms with van der Waals surface area (Å²) in [4.78, 5) is 0. The molecule has 122 valence electrons. The minimum atomic E-state index is -0.359. The minimum absolute atomic E-state index is 0.227. The summed E-state index contributed by atoms with van der Waals surface area (Å²) in [5, 5.41) is 0. The van der Waals surface area contributed by atoms with Gasteiger partial charge in [0.25, 0.3) is 0 Å². The lowest BCUT2D eigenvalue weighted by molar-refractivity contribution is 0.0971. The second kappa shape index (κ2) is 6.46. The molecule has 1 atom stereocenters. The number of halogens is 1. The number of rotatable bonds is 4. The van der Waals surface area contributed by atoms with Crippen LogP contribution in [0.25, 0.3) is 11.1 Å². The van der Waals surface area contributed by atoms with Crippen LogP contribution in [0.3, 0.4) is 0 Å². The second-order valence-corrected chi connectivity index (χ2v) is 5.48. The maximum atomic E-state index is 14.0. The van der Waals surface area contributed by atoms with Crippen LogP contribution in [0, 0.1) is 12.7 Å². The highest BCUT2D eigenvalue weighted by Crippen LogP contribution is 2.43. The molecule has 0 saturated heterocycles. The van der Waals surface area contributed by atoms with Crippen molar-refractivity contribution in [2.75, 3.05) is 19.8 Å². The van der Waals surface area contributed by atoms with E-state index in [1.54, 1.807) is 0 Å². The van der Waals surface area contributed by atoms with Crippen molar-refractivity contribution in [1.82, 2.24) is 0 Å². The topological polar surface area (TPSA) is 53.7 Å². The number of nitrogens with two attached hydrogens (primary N) is 1. The summed E-state index contributed by atoms with van der Waals surface area (Å²) < 4.78 is 31.0. The Hall–Kier alpha value is -2.27. The van der Waals surface area contributed by atoms with Crippen molar-refractivity contribution in [3.63, 3.8) is 0 Å². The van der Waals surface area contributed by atoms with Crippen molar-refractivity contribution in [2.24, 2.45) is 5.73 Å². The average Bonchev–Trinajstić information content (AvgIpc) is 2.54. The fourth-order valence-corrected chi connectivity index (χ4v) is 2.69. The Morgan fingerprint density at radius 3 is 2.78 bits per heavy atom. The number of hydrogen-bond acceptors (Lipinski definition) is 4. The van der Waals surface area contributed by atoms with E-state index in [0.29, 0.717) is 36.8 Å². The summed E-state index contributed by atoms with van der Waals surface area (Å²) in [6.07, 6.45) is -0.227. The van der Waals surface area contributed by atoms with E-state index in [1.165, 1.54) is 12.1 Å². The molecule has 2 N–H and O–H groups in total. The molecule has 0 fully saturated rings. The van der Waals surface area contributed by atoms with Crippen LogP contribution in [-0.4, -0.2) is 25.9 Å². The average molecular weight is 317 g/mol. The Morgan fingerprint density at radius 2 is 2.09 bits per heavy atom. The van der Waals surface area contributed by atoms with E-state index in [0.717, 1.165) is 16.9 Å². The SMILES string of the molecule is CCOc1ccc(-c2cc(F)cc3c2O[C@@H](CN)CO3)c(C)c1. The van der Waals surface area contributed by atoms with Crippen LogP contribution in [-0.2, 0) is 0 Å². The van der Waals surface area contributed by atoms with Gasteiger partial charge in [0, 0.05) is 18.2 Å². The zero-order valence-electron chi connectivity index (χ0n) is 13.3. The number of aryl methyl sites for hydroxylation is 1. The third-order valence-electron chi connectivity index (χ3n) is 3.79. The van der Waals surface area contributed by atoms with E-state index in [2.05, 4.69) is 0 Å². The molecule has 0 spiro atoms. The van der Waals surface area contributed by atoms with Crippen molar-refractivity contribution in [2.45, 2.75) is 20.0 Å². The van der Waals surface area contributed by atoms with Crippen LogP contribution in [0.15, 0.2) is 30.3 Å². The van der Waals surface area contributed by atoms with E-state index >= 15 is 0 Å². The van der Waals surface area contributed by atoms with Crippen LogP contribution in [0.4, 0.5) is 4.39 Å². The van der Waals surface area contributed by atoms with E-state index in [-0.39, 0.29) is 11.9 Å². The molecule has 0 unspecified atom stereocenters. The highest BCUT2D eigenvalue weighted by atomic mass is 19.1. The monoisotopic (exact) mass is 317 g/mol. The van der Waals surface area contributed by atoms with Crippen LogP contribution in [0.5, 0.6) is 17.2 Å². The number of hydrogen-bond donors (Lipinski definition) is 1. The molecule has 1 heterocycles. The standard InChI is InChI=1S/C18H20FNO3/c1-3-21-13-4-5-15(11(2)6-13)16-7-12(19)8-17-18(16)23-14(9-20)10-22-17/h4-8,14H,3,9-10,20H2,1-2H3/t14-/m0/s1. The second-order valence-electron chi connectivity index (χ2n) is 5.48. The van der Waals surface area contributed by atoms with Gasteiger partial charge in [0.2, 0.25) is 0 Å². The maximum absolute atomic E-state index is 14.0. The van der Waals surface area contributed by atoms with Crippen LogP contribution in [0.2, 0.25) is 0 Å². The number of benzene rings is 2. The van der Waals surface area contributed by atoms with Crippen LogP contribution in [0.1, 0.15) is 12.5 Å². The van der Waals surface area contributed by atoms with Gasteiger partial charge in [-0.25, -0.2) is 4.39 Å². The van der Waals surface area contributed by atoms with Crippen LogP contribution >= 0.6 is 0 Å². The predicted molar refractivity (Wildman–Crippen MR) is 86.7 cm³/mol. The molecule has 5 heteroatoms. The lowest BCUT2D eigenvalue weighted by Crippen LogP contribution is -2.36. The lowest BCUT2D eigenvalue weighted by atomic mass is 9.98. The molecule has 0 radical (unpaired) electrons. The summed E-state index contributed by atoms with van der Waals surface area (Å²) in [6.45, 7) is 5.17. The molecule has 0 bridgehead atoms. The summed E-state index contributed by atoms with van der Waals surface area (Å²) >= 11 is 0. The van der Waals surface area contributed by atoms with E-state index < -0.39 is 0 Å². The van der Waals surface area contributed by atoms with Crippen molar-refractivity contribution < 1.29 is 18.6 Å². The molecular formula is C18H20FNO3. The molecule has 0 amide bonds. The van der Waals surface area contributed by atoms with Gasteiger partial charge in [-0.2, -0.15) is 0 Å². The highest BCUT2D eigenvalue weighted by molar-refractivity contribution is 5.77. The van der Waals surface area contributed by atoms with Crippen LogP contribution < -0.4 is 19.9 Å². The van der Waals surface area contributed by atoms with Gasteiger partial charge in [0.1, 0.15) is 24.3 Å². The van der Waals surface area contributed by atoms with Crippen molar-refractivity contribution >= 4 is 0 Å². The molecule has 1 aliphatic rings. The Kier molecular flexibility index (Phi) is 4.39. The number of ether oxygens (including phenoxy) is 3. The van der Waals surface area contributed by atoms with Gasteiger partial charge in [0.15, 0.2) is 11.5 Å². The van der Waals surface area contributed by atoms with E-state index in [4.69, 9.17) is 19.9 Å². The third-order valence-corrected chi connectivity index (χ3v) is 3.79. The van der Waals surface area contributed by atoms with Crippen molar-refractivity contribution in [3.05, 3.63) is 41.7 Å². The first kappa shape index (κ1) is 15.6. The summed E-state index contributed by atoms with van der Waals surface area (Å²) in [5.41, 5.74) is 8.19.